The van der Waals surface area contributed by atoms with Crippen LogP contribution in [0.15, 0.2) is 151 Å². The largest absolute Gasteiger partial charge is 0.333 e. The van der Waals surface area contributed by atoms with Crippen LogP contribution in [0, 0.1) is 0 Å². The number of anilines is 2. The Bertz CT molecular complexity index is 2310. The molecule has 0 amide bonds. The fourth-order valence-electron chi connectivity index (χ4n) is 7.65. The van der Waals surface area contributed by atoms with Crippen molar-refractivity contribution in [2.75, 3.05) is 4.90 Å². The van der Waals surface area contributed by atoms with Crippen LogP contribution in [-0.4, -0.2) is 9.13 Å². The van der Waals surface area contributed by atoms with Crippen LogP contribution >= 0.6 is 0 Å². The fourth-order valence-corrected chi connectivity index (χ4v) is 7.65. The molecule has 6 aromatic rings. The highest BCUT2D eigenvalue weighted by atomic mass is 15.2. The maximum Gasteiger partial charge on any atom is 0.0560 e. The van der Waals surface area contributed by atoms with Crippen molar-refractivity contribution in [3.05, 3.63) is 151 Å². The molecule has 3 heteroatoms. The summed E-state index contributed by atoms with van der Waals surface area (Å²) in [6.07, 6.45) is 27.9. The van der Waals surface area contributed by atoms with Crippen LogP contribution in [0.4, 0.5) is 11.4 Å². The van der Waals surface area contributed by atoms with E-state index >= 15 is 0 Å². The predicted molar refractivity (Wildman–Crippen MR) is 192 cm³/mol. The van der Waals surface area contributed by atoms with E-state index in [9.17, 15) is 0 Å². The maximum absolute atomic E-state index is 2.52. The van der Waals surface area contributed by atoms with E-state index in [1.807, 2.05) is 0 Å². The van der Waals surface area contributed by atoms with Crippen molar-refractivity contribution in [1.29, 1.82) is 0 Å². The van der Waals surface area contributed by atoms with Gasteiger partial charge in [0.15, 0.2) is 0 Å². The predicted octanol–water partition coefficient (Wildman–Crippen LogP) is 11.5. The van der Waals surface area contributed by atoms with Gasteiger partial charge in [-0.25, -0.2) is 0 Å². The van der Waals surface area contributed by atoms with Crippen molar-refractivity contribution in [3.63, 3.8) is 0 Å². The number of hydrogen-bond donors (Lipinski definition) is 0. The molecule has 9 rings (SSSR count). The van der Waals surface area contributed by atoms with Gasteiger partial charge in [-0.1, -0.05) is 85.0 Å². The second-order valence-corrected chi connectivity index (χ2v) is 12.3. The van der Waals surface area contributed by atoms with Crippen LogP contribution < -0.4 is 4.90 Å². The zero-order chi connectivity index (χ0) is 29.7. The van der Waals surface area contributed by atoms with E-state index in [0.29, 0.717) is 6.04 Å². The Morgan fingerprint density at radius 2 is 1.31 bits per heavy atom. The summed E-state index contributed by atoms with van der Waals surface area (Å²) in [4.78, 5) is 2.49. The highest BCUT2D eigenvalue weighted by molar-refractivity contribution is 6.12. The summed E-state index contributed by atoms with van der Waals surface area (Å²) in [5.74, 6) is 0. The summed E-state index contributed by atoms with van der Waals surface area (Å²) in [6.45, 7) is 0. The quantitative estimate of drug-likeness (QED) is 0.197. The summed E-state index contributed by atoms with van der Waals surface area (Å²) < 4.78 is 4.96. The van der Waals surface area contributed by atoms with Gasteiger partial charge in [0, 0.05) is 55.3 Å². The first kappa shape index (κ1) is 26.2. The molecule has 0 bridgehead atoms. The molecule has 0 spiro atoms. The third-order valence-electron chi connectivity index (χ3n) is 9.67. The van der Waals surface area contributed by atoms with Gasteiger partial charge in [0.05, 0.1) is 17.1 Å². The van der Waals surface area contributed by atoms with E-state index in [-0.39, 0.29) is 0 Å². The molecule has 0 fully saturated rings. The van der Waals surface area contributed by atoms with E-state index in [2.05, 4.69) is 160 Å². The summed E-state index contributed by atoms with van der Waals surface area (Å²) in [7, 11) is 0. The average Bonchev–Trinajstić information content (AvgIpc) is 3.62. The van der Waals surface area contributed by atoms with Gasteiger partial charge in [-0.2, -0.15) is 0 Å². The normalized spacial score (nSPS) is 17.9. The van der Waals surface area contributed by atoms with Gasteiger partial charge >= 0.3 is 0 Å². The number of rotatable bonds is 5. The number of nitrogens with zero attached hydrogens (tertiary/aromatic N) is 3. The lowest BCUT2D eigenvalue weighted by Gasteiger charge is -2.29. The van der Waals surface area contributed by atoms with Gasteiger partial charge in [-0.15, -0.1) is 0 Å². The summed E-state index contributed by atoms with van der Waals surface area (Å²) in [5, 5.41) is 5.19. The molecule has 3 aliphatic carbocycles. The van der Waals surface area contributed by atoms with Crippen molar-refractivity contribution in [1.82, 2.24) is 9.13 Å². The third-order valence-corrected chi connectivity index (χ3v) is 9.67. The number of aromatic nitrogens is 2. The first-order valence-electron chi connectivity index (χ1n) is 16.3. The van der Waals surface area contributed by atoms with Crippen LogP contribution in [0.3, 0.4) is 0 Å². The number of fused-ring (bicyclic) bond motifs is 6. The fraction of sp³-hybridized carbons (Fsp3) is 0.143. The van der Waals surface area contributed by atoms with Gasteiger partial charge in [0.25, 0.3) is 0 Å². The second-order valence-electron chi connectivity index (χ2n) is 12.3. The lowest BCUT2D eigenvalue weighted by Crippen LogP contribution is -2.17. The molecule has 2 aromatic heterocycles. The molecule has 1 atom stereocenters. The lowest BCUT2D eigenvalue weighted by atomic mass is 10.0. The molecule has 0 radical (unpaired) electrons. The zero-order valence-electron chi connectivity index (χ0n) is 25.3. The van der Waals surface area contributed by atoms with Gasteiger partial charge in [-0.3, -0.25) is 0 Å². The van der Waals surface area contributed by atoms with Crippen molar-refractivity contribution < 1.29 is 0 Å². The highest BCUT2D eigenvalue weighted by Crippen LogP contribution is 2.42. The SMILES string of the molecule is C1=CCCC(N(c2ccc3c(c2)c2ccccc2n3C2=CCCC=C2)c2ccc3c(c2)c2ccccc2n3C2C=CC=CC2)=C1. The Hall–Kier alpha value is -5.28. The third kappa shape index (κ3) is 4.26. The minimum Gasteiger partial charge on any atom is -0.333 e. The molecule has 0 saturated carbocycles. The average molecular weight is 582 g/mol. The number of benzene rings is 4. The topological polar surface area (TPSA) is 13.1 Å². The Kier molecular flexibility index (Phi) is 6.22. The highest BCUT2D eigenvalue weighted by Gasteiger charge is 2.22. The monoisotopic (exact) mass is 581 g/mol. The zero-order valence-corrected chi connectivity index (χ0v) is 25.3. The molecule has 218 valence electrons. The van der Waals surface area contributed by atoms with Crippen LogP contribution in [0.2, 0.25) is 0 Å². The minimum atomic E-state index is 0.319. The minimum absolute atomic E-state index is 0.319. The maximum atomic E-state index is 2.52. The van der Waals surface area contributed by atoms with Gasteiger partial charge in [0.1, 0.15) is 0 Å². The van der Waals surface area contributed by atoms with Crippen molar-refractivity contribution in [2.24, 2.45) is 0 Å². The van der Waals surface area contributed by atoms with Crippen LogP contribution in [0.25, 0.3) is 49.3 Å². The van der Waals surface area contributed by atoms with Crippen molar-refractivity contribution in [2.45, 2.75) is 38.1 Å². The van der Waals surface area contributed by atoms with Gasteiger partial charge in [-0.05, 0) is 92.8 Å². The first-order chi connectivity index (χ1) is 22.3. The van der Waals surface area contributed by atoms with Gasteiger partial charge in [0.2, 0.25) is 0 Å². The Morgan fingerprint density at radius 1 is 0.600 bits per heavy atom. The number of hydrogen-bond acceptors (Lipinski definition) is 1. The second kappa shape index (κ2) is 10.7. The van der Waals surface area contributed by atoms with Crippen LogP contribution in [0.5, 0.6) is 0 Å². The summed E-state index contributed by atoms with van der Waals surface area (Å²) in [5.41, 5.74) is 10.1. The molecule has 3 aliphatic rings. The van der Waals surface area contributed by atoms with Crippen LogP contribution in [0.1, 0.15) is 38.1 Å². The summed E-state index contributed by atoms with van der Waals surface area (Å²) in [6, 6.07) is 32.2. The lowest BCUT2D eigenvalue weighted by molar-refractivity contribution is 0.648. The first-order valence-corrected chi connectivity index (χ1v) is 16.3. The number of para-hydroxylation sites is 2. The van der Waals surface area contributed by atoms with Crippen LogP contribution in [-0.2, 0) is 0 Å². The van der Waals surface area contributed by atoms with E-state index < -0.39 is 0 Å². The molecule has 1 unspecified atom stereocenters. The molecule has 0 saturated heterocycles. The molecule has 4 aromatic carbocycles. The molecular weight excluding hydrogens is 546 g/mol. The van der Waals surface area contributed by atoms with Crippen molar-refractivity contribution >= 4 is 60.7 Å². The standard InChI is InChI=1S/C42H35N3/c1-4-14-30(15-5-1)43(33-24-26-41-37(28-33)35-20-10-12-22-39(35)44(41)31-16-6-2-7-17-31)34-25-27-42-38(29-34)36-21-11-13-23-40(36)45(42)32-18-8-3-9-19-32/h1-2,4,6-8,10-14,16,18-29,31H,3,5,9,15,17H2. The molecule has 2 heterocycles. The Labute approximate surface area is 263 Å². The molecule has 45 heavy (non-hydrogen) atoms. The van der Waals surface area contributed by atoms with E-state index in [1.54, 1.807) is 0 Å². The molecule has 0 N–H and O–H groups in total. The molecular formula is C42H35N3. The molecule has 3 nitrogen and oxygen atoms in total. The van der Waals surface area contributed by atoms with E-state index in [0.717, 1.165) is 32.1 Å². The number of allylic oxidation sites excluding steroid dienone is 12. The van der Waals surface area contributed by atoms with Crippen molar-refractivity contribution in [3.8, 4) is 0 Å². The summed E-state index contributed by atoms with van der Waals surface area (Å²) >= 11 is 0. The van der Waals surface area contributed by atoms with E-state index in [1.165, 1.54) is 66.4 Å². The van der Waals surface area contributed by atoms with E-state index in [4.69, 9.17) is 0 Å². The Balaban J connectivity index is 1.25. The smallest absolute Gasteiger partial charge is 0.0560 e. The molecule has 0 aliphatic heterocycles. The Morgan fingerprint density at radius 3 is 2.04 bits per heavy atom. The van der Waals surface area contributed by atoms with Gasteiger partial charge < -0.3 is 14.0 Å².